The minimum absolute atomic E-state index is 0.268. The Morgan fingerprint density at radius 2 is 1.88 bits per heavy atom. The summed E-state index contributed by atoms with van der Waals surface area (Å²) in [6, 6.07) is 8.01. The Bertz CT molecular complexity index is 296. The first-order chi connectivity index (χ1) is 8.22. The molecule has 96 valence electrons. The second-order valence-corrected chi connectivity index (χ2v) is 4.59. The van der Waals surface area contributed by atoms with Gasteiger partial charge >= 0.3 is 0 Å². The van der Waals surface area contributed by atoms with Crippen molar-refractivity contribution >= 4 is 5.69 Å². The molecule has 0 fully saturated rings. The fourth-order valence-electron chi connectivity index (χ4n) is 1.40. The molecule has 0 aromatic heterocycles. The Labute approximate surface area is 104 Å². The molecule has 0 amide bonds. The number of aliphatic hydroxyl groups is 1. The standard InChI is InChI=1S/C14H23NO2/c1-12(2)11-17-14-7-5-13(6-8-14)15-9-3-4-10-16/h5-8,12,15-16H,3-4,9-11H2,1-2H3. The summed E-state index contributed by atoms with van der Waals surface area (Å²) in [5.74, 6) is 1.46. The first kappa shape index (κ1) is 13.8. The maximum absolute atomic E-state index is 8.66. The number of rotatable bonds is 8. The zero-order chi connectivity index (χ0) is 12.5. The lowest BCUT2D eigenvalue weighted by atomic mass is 10.2. The van der Waals surface area contributed by atoms with Crippen LogP contribution in [0.2, 0.25) is 0 Å². The second-order valence-electron chi connectivity index (χ2n) is 4.59. The minimum atomic E-state index is 0.268. The maximum Gasteiger partial charge on any atom is 0.119 e. The highest BCUT2D eigenvalue weighted by molar-refractivity contribution is 5.46. The van der Waals surface area contributed by atoms with Crippen LogP contribution in [0.5, 0.6) is 5.75 Å². The van der Waals surface area contributed by atoms with Crippen LogP contribution in [0.3, 0.4) is 0 Å². The molecule has 0 unspecified atom stereocenters. The van der Waals surface area contributed by atoms with E-state index in [9.17, 15) is 0 Å². The number of ether oxygens (including phenoxy) is 1. The van der Waals surface area contributed by atoms with Crippen LogP contribution in [0, 0.1) is 5.92 Å². The van der Waals surface area contributed by atoms with Crippen LogP contribution in [0.4, 0.5) is 5.69 Å². The van der Waals surface area contributed by atoms with Gasteiger partial charge in [0.1, 0.15) is 5.75 Å². The van der Waals surface area contributed by atoms with Crippen molar-refractivity contribution in [3.63, 3.8) is 0 Å². The van der Waals surface area contributed by atoms with E-state index < -0.39 is 0 Å². The maximum atomic E-state index is 8.66. The molecule has 1 aromatic rings. The van der Waals surface area contributed by atoms with Crippen molar-refractivity contribution in [1.82, 2.24) is 0 Å². The molecule has 1 rings (SSSR count). The third-order valence-corrected chi connectivity index (χ3v) is 2.35. The van der Waals surface area contributed by atoms with Crippen LogP contribution in [0.15, 0.2) is 24.3 Å². The Kier molecular flexibility index (Phi) is 6.48. The number of hydrogen-bond donors (Lipinski definition) is 2. The van der Waals surface area contributed by atoms with E-state index in [4.69, 9.17) is 9.84 Å². The number of unbranched alkanes of at least 4 members (excludes halogenated alkanes) is 1. The van der Waals surface area contributed by atoms with Gasteiger partial charge in [0.25, 0.3) is 0 Å². The van der Waals surface area contributed by atoms with Gasteiger partial charge in [-0.25, -0.2) is 0 Å². The lowest BCUT2D eigenvalue weighted by Gasteiger charge is -2.10. The summed E-state index contributed by atoms with van der Waals surface area (Å²) in [6.07, 6.45) is 1.84. The molecule has 0 radical (unpaired) electrons. The van der Waals surface area contributed by atoms with Crippen LogP contribution in [0.25, 0.3) is 0 Å². The molecule has 17 heavy (non-hydrogen) atoms. The Balaban J connectivity index is 2.29. The van der Waals surface area contributed by atoms with Crippen LogP contribution in [0.1, 0.15) is 26.7 Å². The van der Waals surface area contributed by atoms with Gasteiger partial charge in [-0.2, -0.15) is 0 Å². The third-order valence-electron chi connectivity index (χ3n) is 2.35. The van der Waals surface area contributed by atoms with Gasteiger partial charge in [-0.1, -0.05) is 13.8 Å². The predicted molar refractivity (Wildman–Crippen MR) is 71.6 cm³/mol. The van der Waals surface area contributed by atoms with Gasteiger partial charge < -0.3 is 15.2 Å². The summed E-state index contributed by atoms with van der Waals surface area (Å²) < 4.78 is 5.60. The molecular formula is C14H23NO2. The van der Waals surface area contributed by atoms with E-state index in [2.05, 4.69) is 19.2 Å². The summed E-state index contributed by atoms with van der Waals surface area (Å²) in [5, 5.41) is 12.0. The number of nitrogens with one attached hydrogen (secondary N) is 1. The highest BCUT2D eigenvalue weighted by Gasteiger charge is 1.97. The smallest absolute Gasteiger partial charge is 0.119 e. The quantitative estimate of drug-likeness (QED) is 0.683. The fraction of sp³-hybridized carbons (Fsp3) is 0.571. The average Bonchev–Trinajstić information content (AvgIpc) is 2.33. The van der Waals surface area contributed by atoms with E-state index in [-0.39, 0.29) is 6.61 Å². The topological polar surface area (TPSA) is 41.5 Å². The molecule has 0 spiro atoms. The summed E-state index contributed by atoms with van der Waals surface area (Å²) in [7, 11) is 0. The molecule has 0 aliphatic carbocycles. The lowest BCUT2D eigenvalue weighted by Crippen LogP contribution is -2.05. The highest BCUT2D eigenvalue weighted by Crippen LogP contribution is 2.16. The zero-order valence-electron chi connectivity index (χ0n) is 10.8. The summed E-state index contributed by atoms with van der Waals surface area (Å²) in [6.45, 7) is 6.19. The monoisotopic (exact) mass is 237 g/mol. The zero-order valence-corrected chi connectivity index (χ0v) is 10.8. The van der Waals surface area contributed by atoms with Gasteiger partial charge in [0.2, 0.25) is 0 Å². The first-order valence-corrected chi connectivity index (χ1v) is 6.30. The van der Waals surface area contributed by atoms with Gasteiger partial charge in [-0.05, 0) is 43.0 Å². The van der Waals surface area contributed by atoms with Crippen molar-refractivity contribution in [2.24, 2.45) is 5.92 Å². The van der Waals surface area contributed by atoms with E-state index >= 15 is 0 Å². The normalized spacial score (nSPS) is 10.6. The molecular weight excluding hydrogens is 214 g/mol. The van der Waals surface area contributed by atoms with Crippen molar-refractivity contribution in [3.8, 4) is 5.75 Å². The first-order valence-electron chi connectivity index (χ1n) is 6.30. The lowest BCUT2D eigenvalue weighted by molar-refractivity contribution is 0.271. The van der Waals surface area contributed by atoms with Crippen LogP contribution < -0.4 is 10.1 Å². The molecule has 0 aliphatic heterocycles. The van der Waals surface area contributed by atoms with Crippen molar-refractivity contribution in [3.05, 3.63) is 24.3 Å². The minimum Gasteiger partial charge on any atom is -0.493 e. The summed E-state index contributed by atoms with van der Waals surface area (Å²) in [4.78, 5) is 0. The second kappa shape index (κ2) is 7.96. The van der Waals surface area contributed by atoms with Crippen LogP contribution in [-0.4, -0.2) is 24.9 Å². The molecule has 0 aliphatic rings. The molecule has 0 saturated carbocycles. The molecule has 0 heterocycles. The van der Waals surface area contributed by atoms with Crippen molar-refractivity contribution in [1.29, 1.82) is 0 Å². The number of aliphatic hydroxyl groups excluding tert-OH is 1. The van der Waals surface area contributed by atoms with E-state index in [1.54, 1.807) is 0 Å². The molecule has 0 bridgehead atoms. The summed E-state index contributed by atoms with van der Waals surface area (Å²) >= 11 is 0. The molecule has 3 nitrogen and oxygen atoms in total. The predicted octanol–water partition coefficient (Wildman–Crippen LogP) is 2.91. The SMILES string of the molecule is CC(C)COc1ccc(NCCCCO)cc1. The van der Waals surface area contributed by atoms with Crippen LogP contribution in [-0.2, 0) is 0 Å². The Morgan fingerprint density at radius 1 is 1.18 bits per heavy atom. The van der Waals surface area contributed by atoms with E-state index in [1.807, 2.05) is 24.3 Å². The van der Waals surface area contributed by atoms with E-state index in [1.165, 1.54) is 0 Å². The average molecular weight is 237 g/mol. The van der Waals surface area contributed by atoms with Gasteiger partial charge in [-0.15, -0.1) is 0 Å². The molecule has 0 atom stereocenters. The molecule has 0 saturated heterocycles. The largest absolute Gasteiger partial charge is 0.493 e. The van der Waals surface area contributed by atoms with Gasteiger partial charge in [0, 0.05) is 18.8 Å². The van der Waals surface area contributed by atoms with Gasteiger partial charge in [0.15, 0.2) is 0 Å². The van der Waals surface area contributed by atoms with Crippen molar-refractivity contribution in [2.75, 3.05) is 25.1 Å². The number of hydrogen-bond acceptors (Lipinski definition) is 3. The van der Waals surface area contributed by atoms with E-state index in [0.29, 0.717) is 5.92 Å². The highest BCUT2D eigenvalue weighted by atomic mass is 16.5. The van der Waals surface area contributed by atoms with Crippen LogP contribution >= 0.6 is 0 Å². The third kappa shape index (κ3) is 6.17. The molecule has 2 N–H and O–H groups in total. The molecule has 3 heteroatoms. The fourth-order valence-corrected chi connectivity index (χ4v) is 1.40. The molecule has 1 aromatic carbocycles. The summed E-state index contributed by atoms with van der Waals surface area (Å²) in [5.41, 5.74) is 1.10. The Morgan fingerprint density at radius 3 is 2.47 bits per heavy atom. The van der Waals surface area contributed by atoms with Crippen molar-refractivity contribution < 1.29 is 9.84 Å². The van der Waals surface area contributed by atoms with E-state index in [0.717, 1.165) is 37.4 Å². The number of benzene rings is 1. The van der Waals surface area contributed by atoms with Crippen molar-refractivity contribution in [2.45, 2.75) is 26.7 Å². The Hall–Kier alpha value is -1.22. The van der Waals surface area contributed by atoms with Gasteiger partial charge in [-0.3, -0.25) is 0 Å². The number of anilines is 1. The van der Waals surface area contributed by atoms with Gasteiger partial charge in [0.05, 0.1) is 6.61 Å².